The van der Waals surface area contributed by atoms with Crippen LogP contribution < -0.4 is 24.8 Å². The summed E-state index contributed by atoms with van der Waals surface area (Å²) in [7, 11) is 1.65. The number of nitrogens with zero attached hydrogens (tertiary/aromatic N) is 3. The Morgan fingerprint density at radius 2 is 2.03 bits per heavy atom. The molecule has 0 radical (unpaired) electrons. The maximum absolute atomic E-state index is 12.8. The number of hydrogen-bond acceptors (Lipinski definition) is 5. The number of aliphatic imine (C=N–C) groups is 1. The molecule has 164 valence electrons. The minimum atomic E-state index is -2.93. The molecular weight excluding hydrogens is 408 g/mol. The second kappa shape index (κ2) is 9.50. The third-order valence-corrected chi connectivity index (χ3v) is 4.84. The van der Waals surface area contributed by atoms with Gasteiger partial charge in [0.25, 0.3) is 0 Å². The first kappa shape index (κ1) is 20.7. The van der Waals surface area contributed by atoms with Crippen LogP contribution in [0.5, 0.6) is 17.2 Å². The fraction of sp³-hybridized carbons (Fsp3) is 0.333. The molecule has 1 aliphatic heterocycles. The maximum Gasteiger partial charge on any atom is 0.387 e. The van der Waals surface area contributed by atoms with Crippen molar-refractivity contribution in [1.82, 2.24) is 20.2 Å². The number of fused-ring (bicyclic) bond motifs is 2. The number of para-hydroxylation sites is 2. The molecule has 0 amide bonds. The zero-order valence-corrected chi connectivity index (χ0v) is 17.0. The number of hydrogen-bond donors (Lipinski definition) is 2. The van der Waals surface area contributed by atoms with E-state index in [1.807, 2.05) is 30.6 Å². The van der Waals surface area contributed by atoms with Gasteiger partial charge < -0.3 is 29.4 Å². The van der Waals surface area contributed by atoms with Crippen molar-refractivity contribution in [2.75, 3.05) is 20.4 Å². The Balaban J connectivity index is 1.30. The zero-order chi connectivity index (χ0) is 21.6. The lowest BCUT2D eigenvalue weighted by atomic mass is 10.1. The van der Waals surface area contributed by atoms with Crippen molar-refractivity contribution in [2.24, 2.45) is 4.99 Å². The number of ether oxygens (including phenoxy) is 3. The van der Waals surface area contributed by atoms with Crippen molar-refractivity contribution >= 4 is 17.0 Å². The van der Waals surface area contributed by atoms with Crippen molar-refractivity contribution in [3.05, 3.63) is 48.3 Å². The molecule has 0 saturated carbocycles. The molecular formula is C21H23F2N5O3. The first-order chi connectivity index (χ1) is 15.1. The highest BCUT2D eigenvalue weighted by molar-refractivity contribution is 5.79. The third kappa shape index (κ3) is 4.96. The maximum atomic E-state index is 12.8. The first-order valence-corrected chi connectivity index (χ1v) is 9.86. The Bertz CT molecular complexity index is 1070. The van der Waals surface area contributed by atoms with Gasteiger partial charge in [0.1, 0.15) is 5.75 Å². The predicted octanol–water partition coefficient (Wildman–Crippen LogP) is 3.12. The fourth-order valence-electron chi connectivity index (χ4n) is 3.35. The van der Waals surface area contributed by atoms with E-state index in [9.17, 15) is 8.78 Å². The van der Waals surface area contributed by atoms with Gasteiger partial charge >= 0.3 is 6.61 Å². The molecule has 3 aromatic rings. The summed E-state index contributed by atoms with van der Waals surface area (Å²) in [6.07, 6.45) is 2.69. The van der Waals surface area contributed by atoms with E-state index in [2.05, 4.69) is 29.9 Å². The average Bonchev–Trinajstić information content (AvgIpc) is 3.39. The molecule has 0 bridgehead atoms. The van der Waals surface area contributed by atoms with E-state index < -0.39 is 6.61 Å². The molecule has 1 aromatic heterocycles. The third-order valence-electron chi connectivity index (χ3n) is 4.84. The van der Waals surface area contributed by atoms with E-state index in [1.54, 1.807) is 13.1 Å². The number of aromatic nitrogens is 2. The van der Waals surface area contributed by atoms with E-state index in [1.165, 1.54) is 6.07 Å². The summed E-state index contributed by atoms with van der Waals surface area (Å²) < 4.78 is 42.9. The van der Waals surface area contributed by atoms with Crippen molar-refractivity contribution in [3.8, 4) is 17.2 Å². The molecule has 2 N–H and O–H groups in total. The van der Waals surface area contributed by atoms with Crippen LogP contribution in [0.15, 0.2) is 47.7 Å². The van der Waals surface area contributed by atoms with Crippen molar-refractivity contribution in [1.29, 1.82) is 0 Å². The van der Waals surface area contributed by atoms with Gasteiger partial charge in [-0.15, -0.1) is 0 Å². The smallest absolute Gasteiger partial charge is 0.387 e. The summed E-state index contributed by atoms with van der Waals surface area (Å²) in [5, 5.41) is 6.34. The Morgan fingerprint density at radius 3 is 2.84 bits per heavy atom. The minimum absolute atomic E-state index is 0.0363. The monoisotopic (exact) mass is 431 g/mol. The number of guanidine groups is 1. The van der Waals surface area contributed by atoms with Gasteiger partial charge in [-0.3, -0.25) is 4.99 Å². The van der Waals surface area contributed by atoms with Gasteiger partial charge in [0, 0.05) is 38.3 Å². The second-order valence-corrected chi connectivity index (χ2v) is 6.82. The van der Waals surface area contributed by atoms with E-state index in [4.69, 9.17) is 9.47 Å². The molecule has 0 atom stereocenters. The largest absolute Gasteiger partial charge is 0.454 e. The molecule has 2 aromatic carbocycles. The fourth-order valence-corrected chi connectivity index (χ4v) is 3.35. The SMILES string of the molecule is CN=C(NCCCn1cnc2ccccc21)NCc1cc2c(cc1OC(F)F)OCO2. The Kier molecular flexibility index (Phi) is 6.34. The molecule has 31 heavy (non-hydrogen) atoms. The highest BCUT2D eigenvalue weighted by atomic mass is 19.3. The van der Waals surface area contributed by atoms with E-state index in [0.29, 0.717) is 29.6 Å². The lowest BCUT2D eigenvalue weighted by Gasteiger charge is -2.15. The van der Waals surface area contributed by atoms with Gasteiger partial charge in [-0.05, 0) is 24.6 Å². The molecule has 0 aliphatic carbocycles. The van der Waals surface area contributed by atoms with Crippen LogP contribution in [-0.2, 0) is 13.1 Å². The Hall–Kier alpha value is -3.56. The number of aryl methyl sites for hydroxylation is 1. The number of alkyl halides is 2. The molecule has 0 unspecified atom stereocenters. The highest BCUT2D eigenvalue weighted by Crippen LogP contribution is 2.38. The lowest BCUT2D eigenvalue weighted by molar-refractivity contribution is -0.0505. The van der Waals surface area contributed by atoms with Crippen LogP contribution in [0.3, 0.4) is 0 Å². The molecule has 1 aliphatic rings. The molecule has 4 rings (SSSR count). The van der Waals surface area contributed by atoms with Gasteiger partial charge in [-0.1, -0.05) is 12.1 Å². The molecule has 0 fully saturated rings. The first-order valence-electron chi connectivity index (χ1n) is 9.86. The summed E-state index contributed by atoms with van der Waals surface area (Å²) >= 11 is 0. The standard InChI is InChI=1S/C21H23F2N5O3/c1-24-21(25-7-4-8-28-12-27-15-5-2-3-6-16(15)28)26-11-14-9-18-19(30-13-29-18)10-17(14)31-20(22)23/h2-3,5-6,9-10,12,20H,4,7-8,11,13H2,1H3,(H2,24,25,26). The molecule has 8 nitrogen and oxygen atoms in total. The van der Waals surface area contributed by atoms with Gasteiger partial charge in [0.05, 0.1) is 17.4 Å². The van der Waals surface area contributed by atoms with Crippen LogP contribution >= 0.6 is 0 Å². The van der Waals surface area contributed by atoms with Gasteiger partial charge in [-0.2, -0.15) is 8.78 Å². The molecule has 10 heteroatoms. The molecule has 2 heterocycles. The Labute approximate surface area is 177 Å². The van der Waals surface area contributed by atoms with Gasteiger partial charge in [-0.25, -0.2) is 4.98 Å². The van der Waals surface area contributed by atoms with Gasteiger partial charge in [0.15, 0.2) is 17.5 Å². The van der Waals surface area contributed by atoms with Crippen LogP contribution in [0.25, 0.3) is 11.0 Å². The van der Waals surface area contributed by atoms with E-state index in [-0.39, 0.29) is 19.1 Å². The normalized spacial score (nSPS) is 13.1. The van der Waals surface area contributed by atoms with Crippen LogP contribution in [-0.4, -0.2) is 42.5 Å². The average molecular weight is 431 g/mol. The Morgan fingerprint density at radius 1 is 1.23 bits per heavy atom. The van der Waals surface area contributed by atoms with Crippen LogP contribution in [0.1, 0.15) is 12.0 Å². The predicted molar refractivity (Wildman–Crippen MR) is 112 cm³/mol. The highest BCUT2D eigenvalue weighted by Gasteiger charge is 2.20. The van der Waals surface area contributed by atoms with E-state index >= 15 is 0 Å². The van der Waals surface area contributed by atoms with Crippen LogP contribution in [0.4, 0.5) is 8.78 Å². The quantitative estimate of drug-likeness (QED) is 0.324. The van der Waals surface area contributed by atoms with Crippen LogP contribution in [0.2, 0.25) is 0 Å². The van der Waals surface area contributed by atoms with Crippen LogP contribution in [0, 0.1) is 0 Å². The van der Waals surface area contributed by atoms with E-state index in [0.717, 1.165) is 24.0 Å². The number of nitrogens with one attached hydrogen (secondary N) is 2. The topological polar surface area (TPSA) is 81.9 Å². The number of halogens is 2. The summed E-state index contributed by atoms with van der Waals surface area (Å²) in [6, 6.07) is 11.0. The zero-order valence-electron chi connectivity index (χ0n) is 17.0. The van der Waals surface area contributed by atoms with Crippen molar-refractivity contribution in [2.45, 2.75) is 26.1 Å². The van der Waals surface area contributed by atoms with Crippen molar-refractivity contribution in [3.63, 3.8) is 0 Å². The minimum Gasteiger partial charge on any atom is -0.454 e. The lowest BCUT2D eigenvalue weighted by Crippen LogP contribution is -2.37. The number of imidazole rings is 1. The summed E-state index contributed by atoms with van der Waals surface area (Å²) in [6.45, 7) is -1.18. The number of benzene rings is 2. The second-order valence-electron chi connectivity index (χ2n) is 6.82. The number of rotatable bonds is 8. The summed E-state index contributed by atoms with van der Waals surface area (Å²) in [5.41, 5.74) is 2.58. The molecule has 0 saturated heterocycles. The summed E-state index contributed by atoms with van der Waals surface area (Å²) in [4.78, 5) is 8.57. The summed E-state index contributed by atoms with van der Waals surface area (Å²) in [5.74, 6) is 1.47. The molecule has 0 spiro atoms. The van der Waals surface area contributed by atoms with Crippen molar-refractivity contribution < 1.29 is 23.0 Å². The van der Waals surface area contributed by atoms with Gasteiger partial charge in [0.2, 0.25) is 6.79 Å².